The highest BCUT2D eigenvalue weighted by Gasteiger charge is 2.24. The number of phenols is 2. The van der Waals surface area contributed by atoms with Crippen molar-refractivity contribution in [2.45, 2.75) is 0 Å². The SMILES string of the molecule is CN(C)C(=O)c1cccc(N)c1O.COc1c(Nc2cccc(C(=O)N(C)C)c2O)c(=O)c1=O.COc1c(OC)c(=O)c1=O. The highest BCUT2D eigenvalue weighted by Crippen LogP contribution is 2.32. The van der Waals surface area contributed by atoms with Crippen LogP contribution in [-0.4, -0.2) is 81.3 Å². The molecule has 0 heterocycles. The van der Waals surface area contributed by atoms with Gasteiger partial charge >= 0.3 is 0 Å². The highest BCUT2D eigenvalue weighted by atomic mass is 16.5. The maximum Gasteiger partial charge on any atom is 0.275 e. The summed E-state index contributed by atoms with van der Waals surface area (Å²) in [5.74, 6) is -1.14. The van der Waals surface area contributed by atoms with Gasteiger partial charge in [-0.2, -0.15) is 0 Å². The van der Waals surface area contributed by atoms with E-state index in [1.807, 2.05) is 0 Å². The van der Waals surface area contributed by atoms with Crippen LogP contribution in [0, 0.1) is 0 Å². The van der Waals surface area contributed by atoms with Gasteiger partial charge in [-0.25, -0.2) is 0 Å². The number of benzene rings is 2. The monoisotopic (exact) mass is 612 g/mol. The first-order valence-corrected chi connectivity index (χ1v) is 12.5. The molecular weight excluding hydrogens is 580 g/mol. The maximum absolute atomic E-state index is 11.9. The van der Waals surface area contributed by atoms with Crippen LogP contribution in [0.2, 0.25) is 0 Å². The lowest BCUT2D eigenvalue weighted by Crippen LogP contribution is -2.34. The summed E-state index contributed by atoms with van der Waals surface area (Å²) in [5, 5.41) is 22.2. The lowest BCUT2D eigenvalue weighted by Gasteiger charge is -2.16. The average molecular weight is 613 g/mol. The molecule has 0 spiro atoms. The zero-order chi connectivity index (χ0) is 33.5. The summed E-state index contributed by atoms with van der Waals surface area (Å²) in [7, 11) is 10.3. The molecule has 0 aromatic heterocycles. The minimum Gasteiger partial charge on any atom is -0.505 e. The van der Waals surface area contributed by atoms with Crippen molar-refractivity contribution in [3.05, 3.63) is 88.4 Å². The van der Waals surface area contributed by atoms with Crippen LogP contribution in [0.15, 0.2) is 55.6 Å². The number of ether oxygens (including phenoxy) is 3. The molecule has 4 aromatic rings. The predicted octanol–water partition coefficient (Wildman–Crippen LogP) is 0.418. The molecule has 44 heavy (non-hydrogen) atoms. The predicted molar refractivity (Wildman–Crippen MR) is 162 cm³/mol. The number of methoxy groups -OCH3 is 3. The number of amides is 2. The number of carbonyl (C=O) groups is 2. The van der Waals surface area contributed by atoms with Gasteiger partial charge in [0, 0.05) is 28.2 Å². The van der Waals surface area contributed by atoms with Crippen molar-refractivity contribution in [2.24, 2.45) is 0 Å². The molecule has 0 fully saturated rings. The number of nitrogen functional groups attached to an aromatic ring is 1. The molecule has 0 aliphatic heterocycles. The third-order valence-corrected chi connectivity index (χ3v) is 5.94. The molecule has 0 unspecified atom stereocenters. The van der Waals surface area contributed by atoms with Crippen LogP contribution in [-0.2, 0) is 0 Å². The number of rotatable bonds is 7. The number of aromatic hydroxyl groups is 2. The first kappa shape index (κ1) is 34.3. The van der Waals surface area contributed by atoms with Crippen LogP contribution in [0.5, 0.6) is 28.7 Å². The standard InChI is InChI=1S/C14H14N2O5.C9H12N2O2.C6H6O4/c1-16(2)14(20)7-5-4-6-8(10(7)17)15-9-11(18)12(19)13(9)21-3;1-11(2)9(13)6-4-3-5-7(10)8(6)12;1-9-5-3(7)4(8)6(5)10-2/h4-6,15,17H,1-3H3;3-5,12H,10H2,1-2H3;1-2H3. The number of para-hydroxylation sites is 2. The third-order valence-electron chi connectivity index (χ3n) is 5.94. The molecule has 0 radical (unpaired) electrons. The van der Waals surface area contributed by atoms with E-state index in [9.17, 15) is 39.0 Å². The molecule has 5 N–H and O–H groups in total. The van der Waals surface area contributed by atoms with Gasteiger partial charge in [-0.05, 0) is 24.3 Å². The molecule has 4 rings (SSSR count). The minimum absolute atomic E-state index is 0.0208. The summed E-state index contributed by atoms with van der Waals surface area (Å²) < 4.78 is 13.9. The molecule has 0 bridgehead atoms. The number of nitrogens with two attached hydrogens (primary N) is 1. The van der Waals surface area contributed by atoms with Crippen LogP contribution in [0.3, 0.4) is 0 Å². The zero-order valence-electron chi connectivity index (χ0n) is 25.0. The summed E-state index contributed by atoms with van der Waals surface area (Å²) in [6.07, 6.45) is 0. The van der Waals surface area contributed by atoms with Gasteiger partial charge in [-0.1, -0.05) is 12.1 Å². The van der Waals surface area contributed by atoms with Crippen molar-refractivity contribution < 1.29 is 34.0 Å². The van der Waals surface area contributed by atoms with Crippen LogP contribution in [0.4, 0.5) is 17.1 Å². The van der Waals surface area contributed by atoms with Crippen molar-refractivity contribution >= 4 is 28.9 Å². The largest absolute Gasteiger partial charge is 0.505 e. The zero-order valence-corrected chi connectivity index (χ0v) is 25.0. The molecule has 234 valence electrons. The van der Waals surface area contributed by atoms with Gasteiger partial charge in [0.2, 0.25) is 11.5 Å². The van der Waals surface area contributed by atoms with Crippen LogP contribution in [0.25, 0.3) is 0 Å². The van der Waals surface area contributed by atoms with E-state index in [0.29, 0.717) is 0 Å². The van der Waals surface area contributed by atoms with Crippen molar-refractivity contribution in [3.8, 4) is 28.7 Å². The van der Waals surface area contributed by atoms with Crippen molar-refractivity contribution in [1.29, 1.82) is 0 Å². The maximum atomic E-state index is 11.9. The summed E-state index contributed by atoms with van der Waals surface area (Å²) >= 11 is 0. The first-order chi connectivity index (χ1) is 20.6. The normalized spacial score (nSPS) is 10.1. The Hall–Kier alpha value is -5.86. The van der Waals surface area contributed by atoms with Crippen LogP contribution in [0.1, 0.15) is 20.7 Å². The van der Waals surface area contributed by atoms with Crippen molar-refractivity contribution in [2.75, 3.05) is 60.6 Å². The lowest BCUT2D eigenvalue weighted by molar-refractivity contribution is 0.0817. The first-order valence-electron chi connectivity index (χ1n) is 12.5. The Labute approximate surface area is 250 Å². The third kappa shape index (κ3) is 6.95. The topological polar surface area (TPSA) is 215 Å². The Morgan fingerprint density at radius 3 is 1.50 bits per heavy atom. The fourth-order valence-corrected chi connectivity index (χ4v) is 3.57. The quantitative estimate of drug-likeness (QED) is 0.127. The van der Waals surface area contributed by atoms with Gasteiger partial charge in [0.1, 0.15) is 5.69 Å². The summed E-state index contributed by atoms with van der Waals surface area (Å²) in [6.45, 7) is 0. The van der Waals surface area contributed by atoms with Crippen molar-refractivity contribution in [1.82, 2.24) is 9.80 Å². The molecule has 0 aliphatic rings. The fourth-order valence-electron chi connectivity index (χ4n) is 3.57. The molecular formula is C29H32N4O11. The number of nitrogens with one attached hydrogen (secondary N) is 1. The van der Waals surface area contributed by atoms with Gasteiger partial charge in [0.05, 0.1) is 43.8 Å². The van der Waals surface area contributed by atoms with Crippen molar-refractivity contribution in [3.63, 3.8) is 0 Å². The Kier molecular flexibility index (Phi) is 11.2. The smallest absolute Gasteiger partial charge is 0.275 e. The van der Waals surface area contributed by atoms with Gasteiger partial charge in [-0.3, -0.25) is 28.8 Å². The lowest BCUT2D eigenvalue weighted by atomic mass is 10.1. The average Bonchev–Trinajstić information content (AvgIpc) is 3.00. The summed E-state index contributed by atoms with van der Waals surface area (Å²) in [4.78, 5) is 69.8. The van der Waals surface area contributed by atoms with E-state index >= 15 is 0 Å². The number of phenolic OH excluding ortho intramolecular Hbond substituents is 2. The van der Waals surface area contributed by atoms with E-state index in [1.54, 1.807) is 46.4 Å². The Balaban J connectivity index is 0.000000250. The Morgan fingerprint density at radius 1 is 0.659 bits per heavy atom. The molecule has 2 amide bonds. The van der Waals surface area contributed by atoms with Gasteiger partial charge in [0.25, 0.3) is 33.5 Å². The van der Waals surface area contributed by atoms with Crippen LogP contribution < -0.4 is 47.0 Å². The highest BCUT2D eigenvalue weighted by molar-refractivity contribution is 5.99. The van der Waals surface area contributed by atoms with Gasteiger partial charge < -0.3 is 45.3 Å². The molecule has 4 aromatic carbocycles. The second-order valence-corrected chi connectivity index (χ2v) is 9.26. The number of anilines is 3. The van der Waals surface area contributed by atoms with Crippen LogP contribution >= 0.6 is 0 Å². The molecule has 0 saturated heterocycles. The van der Waals surface area contributed by atoms with E-state index < -0.39 is 21.7 Å². The Morgan fingerprint density at radius 2 is 1.07 bits per heavy atom. The molecule has 0 atom stereocenters. The van der Waals surface area contributed by atoms with E-state index in [0.717, 1.165) is 0 Å². The number of nitrogens with zero attached hydrogens (tertiary/aromatic N) is 2. The molecule has 15 heteroatoms. The number of carbonyl (C=O) groups excluding carboxylic acids is 2. The second-order valence-electron chi connectivity index (χ2n) is 9.26. The molecule has 0 saturated carbocycles. The number of hydrogen-bond acceptors (Lipinski definition) is 13. The second kappa shape index (κ2) is 14.4. The summed E-state index contributed by atoms with van der Waals surface area (Å²) in [5.41, 5.74) is 3.41. The van der Waals surface area contributed by atoms with E-state index in [1.165, 1.54) is 49.3 Å². The Bertz CT molecular complexity index is 1780. The van der Waals surface area contributed by atoms with E-state index in [2.05, 4.69) is 14.8 Å². The summed E-state index contributed by atoms with van der Waals surface area (Å²) in [6, 6.07) is 9.21. The molecule has 0 aliphatic carbocycles. The fraction of sp³-hybridized carbons (Fsp3) is 0.241. The molecule has 15 nitrogen and oxygen atoms in total. The van der Waals surface area contributed by atoms with Gasteiger partial charge in [0.15, 0.2) is 17.2 Å². The number of hydrogen-bond donors (Lipinski definition) is 4. The van der Waals surface area contributed by atoms with Gasteiger partial charge in [-0.15, -0.1) is 0 Å². The minimum atomic E-state index is -0.726. The van der Waals surface area contributed by atoms with E-state index in [4.69, 9.17) is 10.5 Å². The van der Waals surface area contributed by atoms with E-state index in [-0.39, 0.29) is 68.8 Å².